The summed E-state index contributed by atoms with van der Waals surface area (Å²) in [7, 11) is -3.68. The van der Waals surface area contributed by atoms with Crippen LogP contribution in [0.1, 0.15) is 40.5 Å². The molecule has 0 amide bonds. The molecule has 0 saturated carbocycles. The number of ketones is 1. The van der Waals surface area contributed by atoms with E-state index in [1.54, 1.807) is 6.92 Å². The van der Waals surface area contributed by atoms with Crippen molar-refractivity contribution in [1.82, 2.24) is 0 Å². The second kappa shape index (κ2) is 5.78. The number of rotatable bonds is 6. The topological polar surface area (TPSA) is 63.6 Å². The smallest absolute Gasteiger partial charge is 0.324 e. The minimum Gasteiger partial charge on any atom is -0.324 e. The number of hydrogen-bond acceptors (Lipinski definition) is 3. The van der Waals surface area contributed by atoms with Gasteiger partial charge in [-0.15, -0.1) is 0 Å². The van der Waals surface area contributed by atoms with E-state index in [-0.39, 0.29) is 24.0 Å². The highest BCUT2D eigenvalue weighted by atomic mass is 31.2. The maximum absolute atomic E-state index is 11.4. The summed E-state index contributed by atoms with van der Waals surface area (Å²) in [5.74, 6) is -0.204. The monoisotopic (exact) mass is 236 g/mol. The quantitative estimate of drug-likeness (QED) is 0.720. The third kappa shape index (κ3) is 8.79. The Morgan fingerprint density at radius 1 is 1.40 bits per heavy atom. The molecular weight excluding hydrogens is 215 g/mol. The fourth-order valence-electron chi connectivity index (χ4n) is 1.06. The molecule has 1 unspecified atom stereocenters. The maximum atomic E-state index is 11.4. The molecule has 5 heteroatoms. The number of hydrogen-bond donors (Lipinski definition) is 1. The van der Waals surface area contributed by atoms with Gasteiger partial charge < -0.3 is 9.42 Å². The highest BCUT2D eigenvalue weighted by Crippen LogP contribution is 2.41. The van der Waals surface area contributed by atoms with E-state index in [9.17, 15) is 14.3 Å². The molecule has 0 aliphatic rings. The lowest BCUT2D eigenvalue weighted by Crippen LogP contribution is -2.12. The summed E-state index contributed by atoms with van der Waals surface area (Å²) in [6.07, 6.45) is 0.690. The highest BCUT2D eigenvalue weighted by molar-refractivity contribution is 7.53. The van der Waals surface area contributed by atoms with E-state index < -0.39 is 7.60 Å². The molecule has 0 rings (SSSR count). The van der Waals surface area contributed by atoms with Gasteiger partial charge in [0.2, 0.25) is 0 Å². The first-order valence-corrected chi connectivity index (χ1v) is 6.90. The molecule has 15 heavy (non-hydrogen) atoms. The largest absolute Gasteiger partial charge is 0.335 e. The number of carbonyl (C=O) groups is 1. The van der Waals surface area contributed by atoms with E-state index in [4.69, 9.17) is 0 Å². The summed E-state index contributed by atoms with van der Waals surface area (Å²) in [6, 6.07) is 0. The first-order chi connectivity index (χ1) is 6.66. The molecule has 0 radical (unpaired) electrons. The zero-order chi connectivity index (χ0) is 12.1. The lowest BCUT2D eigenvalue weighted by molar-refractivity contribution is -0.117. The van der Waals surface area contributed by atoms with Crippen molar-refractivity contribution in [3.63, 3.8) is 0 Å². The van der Waals surface area contributed by atoms with Gasteiger partial charge in [0.05, 0.1) is 6.61 Å². The summed E-state index contributed by atoms with van der Waals surface area (Å²) in [5.41, 5.74) is 0.0702. The lowest BCUT2D eigenvalue weighted by atomic mass is 9.90. The van der Waals surface area contributed by atoms with Crippen LogP contribution in [0, 0.1) is 5.41 Å². The Balaban J connectivity index is 3.99. The van der Waals surface area contributed by atoms with Crippen molar-refractivity contribution in [2.24, 2.45) is 5.41 Å². The Labute approximate surface area is 91.6 Å². The van der Waals surface area contributed by atoms with Crippen molar-refractivity contribution < 1.29 is 18.8 Å². The molecule has 0 aliphatic carbocycles. The number of carbonyl (C=O) groups excluding carboxylic acids is 1. The lowest BCUT2D eigenvalue weighted by Gasteiger charge is -2.17. The van der Waals surface area contributed by atoms with E-state index in [0.29, 0.717) is 6.42 Å². The summed E-state index contributed by atoms with van der Waals surface area (Å²) >= 11 is 0. The molecule has 0 bridgehead atoms. The summed E-state index contributed by atoms with van der Waals surface area (Å²) in [5, 5.41) is 0. The first-order valence-electron chi connectivity index (χ1n) is 5.14. The van der Waals surface area contributed by atoms with Crippen molar-refractivity contribution in [2.45, 2.75) is 40.5 Å². The van der Waals surface area contributed by atoms with Crippen LogP contribution in [0.15, 0.2) is 0 Å². The normalized spacial score (nSPS) is 16.1. The minimum atomic E-state index is -3.68. The standard InChI is InChI=1S/C10H21O4P/c1-5-14-15(12,13)8-9(11)6-7-10(2,3)4/h5-8H2,1-4H3,(H,12,13). The predicted octanol–water partition coefficient (Wildman–Crippen LogP) is 2.60. The van der Waals surface area contributed by atoms with Gasteiger partial charge in [0, 0.05) is 6.42 Å². The van der Waals surface area contributed by atoms with Crippen molar-refractivity contribution in [1.29, 1.82) is 0 Å². The van der Waals surface area contributed by atoms with E-state index in [0.717, 1.165) is 6.42 Å². The van der Waals surface area contributed by atoms with Crippen LogP contribution in [0.25, 0.3) is 0 Å². The van der Waals surface area contributed by atoms with Crippen LogP contribution in [0.5, 0.6) is 0 Å². The maximum Gasteiger partial charge on any atom is 0.335 e. The molecule has 0 spiro atoms. The Bertz CT molecular complexity index is 255. The Morgan fingerprint density at radius 2 is 1.93 bits per heavy atom. The average Bonchev–Trinajstić information content (AvgIpc) is 1.98. The Kier molecular flexibility index (Phi) is 5.71. The average molecular weight is 236 g/mol. The zero-order valence-corrected chi connectivity index (χ0v) is 10.8. The second-order valence-corrected chi connectivity index (χ2v) is 6.66. The van der Waals surface area contributed by atoms with Crippen LogP contribution < -0.4 is 0 Å². The highest BCUT2D eigenvalue weighted by Gasteiger charge is 2.24. The molecule has 0 aliphatic heterocycles. The molecule has 90 valence electrons. The van der Waals surface area contributed by atoms with Crippen LogP contribution >= 0.6 is 7.60 Å². The van der Waals surface area contributed by atoms with Gasteiger partial charge in [0.15, 0.2) is 0 Å². The SMILES string of the molecule is CCOP(=O)(O)CC(=O)CCC(C)(C)C. The summed E-state index contributed by atoms with van der Waals surface area (Å²) in [4.78, 5) is 20.6. The number of Topliss-reactive ketones (excluding diaryl/α,β-unsaturated/α-hetero) is 1. The van der Waals surface area contributed by atoms with Gasteiger partial charge in [0.1, 0.15) is 11.9 Å². The molecule has 1 atom stereocenters. The van der Waals surface area contributed by atoms with E-state index in [2.05, 4.69) is 4.52 Å². The first kappa shape index (κ1) is 14.8. The molecule has 0 aromatic carbocycles. The molecule has 0 aromatic heterocycles. The van der Waals surface area contributed by atoms with Crippen LogP contribution in [0.3, 0.4) is 0 Å². The van der Waals surface area contributed by atoms with Crippen molar-refractivity contribution in [2.75, 3.05) is 12.8 Å². The van der Waals surface area contributed by atoms with Crippen molar-refractivity contribution in [3.05, 3.63) is 0 Å². The van der Waals surface area contributed by atoms with Gasteiger partial charge in [-0.3, -0.25) is 9.36 Å². The summed E-state index contributed by atoms with van der Waals surface area (Å²) < 4.78 is 15.9. The molecule has 1 N–H and O–H groups in total. The van der Waals surface area contributed by atoms with Crippen LogP contribution in [-0.2, 0) is 13.9 Å². The zero-order valence-electron chi connectivity index (χ0n) is 9.95. The van der Waals surface area contributed by atoms with Crippen molar-refractivity contribution in [3.8, 4) is 0 Å². The molecule has 0 heterocycles. The third-order valence-electron chi connectivity index (χ3n) is 1.86. The molecule has 0 fully saturated rings. The Morgan fingerprint density at radius 3 is 2.33 bits per heavy atom. The molecule has 0 saturated heterocycles. The fraction of sp³-hybridized carbons (Fsp3) is 0.900. The van der Waals surface area contributed by atoms with Crippen LogP contribution in [0.4, 0.5) is 0 Å². The minimum absolute atomic E-state index is 0.0702. The molecule has 0 aromatic rings. The molecular formula is C10H21O4P. The molecule has 4 nitrogen and oxygen atoms in total. The van der Waals surface area contributed by atoms with Gasteiger partial charge in [-0.05, 0) is 18.8 Å². The van der Waals surface area contributed by atoms with E-state index >= 15 is 0 Å². The van der Waals surface area contributed by atoms with Gasteiger partial charge in [-0.2, -0.15) is 0 Å². The van der Waals surface area contributed by atoms with E-state index in [1.165, 1.54) is 0 Å². The Hall–Kier alpha value is -0.180. The van der Waals surface area contributed by atoms with Crippen LogP contribution in [-0.4, -0.2) is 23.4 Å². The van der Waals surface area contributed by atoms with E-state index in [1.807, 2.05) is 20.8 Å². The van der Waals surface area contributed by atoms with Crippen LogP contribution in [0.2, 0.25) is 0 Å². The van der Waals surface area contributed by atoms with Crippen molar-refractivity contribution >= 4 is 13.4 Å². The van der Waals surface area contributed by atoms with Gasteiger partial charge in [0.25, 0.3) is 0 Å². The fourth-order valence-corrected chi connectivity index (χ4v) is 2.16. The summed E-state index contributed by atoms with van der Waals surface area (Å²) in [6.45, 7) is 7.87. The predicted molar refractivity (Wildman–Crippen MR) is 60.0 cm³/mol. The van der Waals surface area contributed by atoms with Gasteiger partial charge in [-0.1, -0.05) is 20.8 Å². The van der Waals surface area contributed by atoms with Gasteiger partial charge in [-0.25, -0.2) is 0 Å². The van der Waals surface area contributed by atoms with Gasteiger partial charge >= 0.3 is 7.60 Å². The second-order valence-electron chi connectivity index (χ2n) is 4.81. The third-order valence-corrected chi connectivity index (χ3v) is 3.27.